The van der Waals surface area contributed by atoms with E-state index in [0.29, 0.717) is 0 Å². The SMILES string of the molecule is O/N=C/c1ccc(OC2CCCCO2)cc1. The minimum atomic E-state index is -0.119. The highest BCUT2D eigenvalue weighted by Crippen LogP contribution is 2.19. The summed E-state index contributed by atoms with van der Waals surface area (Å²) in [7, 11) is 0. The number of rotatable bonds is 3. The fraction of sp³-hybridized carbons (Fsp3) is 0.417. The third kappa shape index (κ3) is 2.97. The van der Waals surface area contributed by atoms with Gasteiger partial charge in [-0.2, -0.15) is 0 Å². The first-order valence-corrected chi connectivity index (χ1v) is 5.44. The maximum atomic E-state index is 8.37. The van der Waals surface area contributed by atoms with Crippen LogP contribution in [0.25, 0.3) is 0 Å². The van der Waals surface area contributed by atoms with Crippen LogP contribution < -0.4 is 4.74 Å². The van der Waals surface area contributed by atoms with Gasteiger partial charge in [0.15, 0.2) is 6.29 Å². The Bertz CT molecular complexity index is 342. The molecule has 1 aliphatic rings. The highest BCUT2D eigenvalue weighted by atomic mass is 16.7. The normalized spacial score (nSPS) is 21.1. The molecule has 1 saturated heterocycles. The Balaban J connectivity index is 1.93. The van der Waals surface area contributed by atoms with Crippen LogP contribution in [0.2, 0.25) is 0 Å². The van der Waals surface area contributed by atoms with Gasteiger partial charge in [-0.1, -0.05) is 5.16 Å². The summed E-state index contributed by atoms with van der Waals surface area (Å²) >= 11 is 0. The van der Waals surface area contributed by atoms with Crippen molar-refractivity contribution in [1.82, 2.24) is 0 Å². The number of hydrogen-bond acceptors (Lipinski definition) is 4. The van der Waals surface area contributed by atoms with Crippen molar-refractivity contribution in [2.45, 2.75) is 25.6 Å². The molecular weight excluding hydrogens is 206 g/mol. The van der Waals surface area contributed by atoms with E-state index >= 15 is 0 Å². The van der Waals surface area contributed by atoms with Gasteiger partial charge in [0.1, 0.15) is 5.75 Å². The van der Waals surface area contributed by atoms with Crippen LogP contribution in [0.3, 0.4) is 0 Å². The van der Waals surface area contributed by atoms with E-state index in [-0.39, 0.29) is 6.29 Å². The molecule has 0 aromatic heterocycles. The van der Waals surface area contributed by atoms with Crippen LogP contribution in [0.1, 0.15) is 24.8 Å². The van der Waals surface area contributed by atoms with Gasteiger partial charge < -0.3 is 14.7 Å². The number of benzene rings is 1. The predicted molar refractivity (Wildman–Crippen MR) is 60.0 cm³/mol. The summed E-state index contributed by atoms with van der Waals surface area (Å²) in [5.74, 6) is 0.780. The van der Waals surface area contributed by atoms with E-state index in [9.17, 15) is 0 Å². The van der Waals surface area contributed by atoms with Gasteiger partial charge in [-0.15, -0.1) is 0 Å². The van der Waals surface area contributed by atoms with E-state index < -0.39 is 0 Å². The molecule has 1 atom stereocenters. The number of hydrogen-bond donors (Lipinski definition) is 1. The molecule has 86 valence electrons. The fourth-order valence-electron chi connectivity index (χ4n) is 1.66. The van der Waals surface area contributed by atoms with Crippen LogP contribution in [0.4, 0.5) is 0 Å². The van der Waals surface area contributed by atoms with Crippen molar-refractivity contribution in [2.75, 3.05) is 6.61 Å². The van der Waals surface area contributed by atoms with E-state index in [0.717, 1.165) is 37.2 Å². The number of ether oxygens (including phenoxy) is 2. The molecule has 4 nitrogen and oxygen atoms in total. The molecule has 0 aliphatic carbocycles. The molecule has 16 heavy (non-hydrogen) atoms. The summed E-state index contributed by atoms with van der Waals surface area (Å²) in [6.45, 7) is 0.778. The minimum Gasteiger partial charge on any atom is -0.465 e. The Morgan fingerprint density at radius 2 is 2.12 bits per heavy atom. The lowest BCUT2D eigenvalue weighted by atomic mass is 10.2. The van der Waals surface area contributed by atoms with E-state index in [4.69, 9.17) is 14.7 Å². The van der Waals surface area contributed by atoms with Crippen LogP contribution in [-0.4, -0.2) is 24.3 Å². The Morgan fingerprint density at radius 3 is 2.75 bits per heavy atom. The summed E-state index contributed by atoms with van der Waals surface area (Å²) < 4.78 is 11.1. The molecule has 0 saturated carbocycles. The average Bonchev–Trinajstić information content (AvgIpc) is 2.33. The Labute approximate surface area is 94.5 Å². The third-order valence-electron chi connectivity index (χ3n) is 2.49. The van der Waals surface area contributed by atoms with E-state index in [1.807, 2.05) is 24.3 Å². The molecule has 4 heteroatoms. The second-order valence-corrected chi connectivity index (χ2v) is 3.73. The van der Waals surface area contributed by atoms with Gasteiger partial charge in [0.25, 0.3) is 0 Å². The van der Waals surface area contributed by atoms with Gasteiger partial charge in [-0.3, -0.25) is 0 Å². The molecule has 1 unspecified atom stereocenters. The van der Waals surface area contributed by atoms with Gasteiger partial charge in [0.2, 0.25) is 0 Å². The first-order chi connectivity index (χ1) is 7.88. The molecule has 1 heterocycles. The highest BCUT2D eigenvalue weighted by molar-refractivity contribution is 5.79. The van der Waals surface area contributed by atoms with Crippen molar-refractivity contribution in [1.29, 1.82) is 0 Å². The largest absolute Gasteiger partial charge is 0.465 e. The van der Waals surface area contributed by atoms with Crippen molar-refractivity contribution in [3.05, 3.63) is 29.8 Å². The fourth-order valence-corrected chi connectivity index (χ4v) is 1.66. The van der Waals surface area contributed by atoms with E-state index in [2.05, 4.69) is 5.16 Å². The lowest BCUT2D eigenvalue weighted by Gasteiger charge is -2.23. The maximum Gasteiger partial charge on any atom is 0.199 e. The topological polar surface area (TPSA) is 51.1 Å². The Hall–Kier alpha value is -1.55. The van der Waals surface area contributed by atoms with Crippen molar-refractivity contribution >= 4 is 6.21 Å². The second-order valence-electron chi connectivity index (χ2n) is 3.73. The maximum absolute atomic E-state index is 8.37. The van der Waals surface area contributed by atoms with Crippen LogP contribution in [-0.2, 0) is 4.74 Å². The molecule has 0 radical (unpaired) electrons. The summed E-state index contributed by atoms with van der Waals surface area (Å²) in [4.78, 5) is 0. The van der Waals surface area contributed by atoms with Crippen molar-refractivity contribution in [3.63, 3.8) is 0 Å². The zero-order valence-electron chi connectivity index (χ0n) is 9.00. The molecule has 0 spiro atoms. The van der Waals surface area contributed by atoms with Crippen LogP contribution in [0.15, 0.2) is 29.4 Å². The average molecular weight is 221 g/mol. The quantitative estimate of drug-likeness (QED) is 0.484. The van der Waals surface area contributed by atoms with Crippen LogP contribution in [0.5, 0.6) is 5.75 Å². The second kappa shape index (κ2) is 5.51. The van der Waals surface area contributed by atoms with E-state index in [1.54, 1.807) is 0 Å². The van der Waals surface area contributed by atoms with Gasteiger partial charge in [0, 0.05) is 6.42 Å². The zero-order chi connectivity index (χ0) is 11.2. The van der Waals surface area contributed by atoms with Gasteiger partial charge >= 0.3 is 0 Å². The standard InChI is InChI=1S/C12H15NO3/c14-13-9-10-4-6-11(7-5-10)16-12-3-1-2-8-15-12/h4-7,9,12,14H,1-3,8H2/b13-9+. The molecule has 1 aliphatic heterocycles. The zero-order valence-corrected chi connectivity index (χ0v) is 9.00. The van der Waals surface area contributed by atoms with Crippen LogP contribution in [0, 0.1) is 0 Å². The highest BCUT2D eigenvalue weighted by Gasteiger charge is 2.14. The first-order valence-electron chi connectivity index (χ1n) is 5.44. The molecule has 1 fully saturated rings. The lowest BCUT2D eigenvalue weighted by Crippen LogP contribution is -2.24. The molecule has 0 bridgehead atoms. The van der Waals surface area contributed by atoms with Gasteiger partial charge in [-0.25, -0.2) is 0 Å². The van der Waals surface area contributed by atoms with Gasteiger partial charge in [-0.05, 0) is 42.7 Å². The number of oxime groups is 1. The minimum absolute atomic E-state index is 0.119. The van der Waals surface area contributed by atoms with Gasteiger partial charge in [0.05, 0.1) is 12.8 Å². The Morgan fingerprint density at radius 1 is 1.31 bits per heavy atom. The molecule has 1 aromatic rings. The first kappa shape index (κ1) is 11.0. The summed E-state index contributed by atoms with van der Waals surface area (Å²) in [6.07, 6.45) is 4.47. The molecule has 2 rings (SSSR count). The molecule has 0 amide bonds. The monoisotopic (exact) mass is 221 g/mol. The lowest BCUT2D eigenvalue weighted by molar-refractivity contribution is -0.105. The molecule has 1 N–H and O–H groups in total. The van der Waals surface area contributed by atoms with Crippen molar-refractivity contribution in [2.24, 2.45) is 5.16 Å². The van der Waals surface area contributed by atoms with E-state index in [1.165, 1.54) is 6.21 Å². The molecule has 1 aromatic carbocycles. The summed E-state index contributed by atoms with van der Waals surface area (Å²) in [6, 6.07) is 7.35. The summed E-state index contributed by atoms with van der Waals surface area (Å²) in [5, 5.41) is 11.3. The van der Waals surface area contributed by atoms with Crippen molar-refractivity contribution in [3.8, 4) is 5.75 Å². The van der Waals surface area contributed by atoms with Crippen LogP contribution >= 0.6 is 0 Å². The summed E-state index contributed by atoms with van der Waals surface area (Å²) in [5.41, 5.74) is 0.833. The predicted octanol–water partition coefficient (Wildman–Crippen LogP) is 2.40. The number of nitrogens with zero attached hydrogens (tertiary/aromatic N) is 1. The molecular formula is C12H15NO3. The van der Waals surface area contributed by atoms with Crippen molar-refractivity contribution < 1.29 is 14.7 Å². The Kier molecular flexibility index (Phi) is 3.77. The smallest absolute Gasteiger partial charge is 0.199 e. The third-order valence-corrected chi connectivity index (χ3v) is 2.49.